The minimum Gasteiger partial charge on any atom is -0.466 e. The van der Waals surface area contributed by atoms with E-state index in [2.05, 4.69) is 55.6 Å². The van der Waals surface area contributed by atoms with Crippen LogP contribution in [-0.4, -0.2) is 100 Å². The maximum atomic E-state index is 13.1. The maximum Gasteiger partial charge on any atom is 0.305 e. The van der Waals surface area contributed by atoms with Crippen LogP contribution in [0.15, 0.2) is 48.6 Å². The van der Waals surface area contributed by atoms with Crippen molar-refractivity contribution in [1.82, 2.24) is 5.32 Å². The Labute approximate surface area is 523 Å². The molecule has 0 aromatic carbocycles. The van der Waals surface area contributed by atoms with Gasteiger partial charge in [-0.1, -0.05) is 306 Å². The lowest BCUT2D eigenvalue weighted by Gasteiger charge is -2.40. The minimum absolute atomic E-state index is 0.00649. The molecule has 1 aliphatic rings. The van der Waals surface area contributed by atoms with E-state index in [-0.39, 0.29) is 18.5 Å². The van der Waals surface area contributed by atoms with Gasteiger partial charge in [-0.2, -0.15) is 0 Å². The maximum absolute atomic E-state index is 13.1. The van der Waals surface area contributed by atoms with Crippen LogP contribution in [0.25, 0.3) is 0 Å². The number of aliphatic hydroxyl groups is 5. The van der Waals surface area contributed by atoms with Crippen LogP contribution in [0.2, 0.25) is 0 Å². The lowest BCUT2D eigenvalue weighted by molar-refractivity contribution is -0.302. The number of amides is 1. The summed E-state index contributed by atoms with van der Waals surface area (Å²) in [6, 6.07) is -0.826. The Morgan fingerprint density at radius 3 is 1.24 bits per heavy atom. The Kier molecular flexibility index (Phi) is 60.0. The van der Waals surface area contributed by atoms with Crippen LogP contribution in [0.3, 0.4) is 0 Å². The van der Waals surface area contributed by atoms with Crippen molar-refractivity contribution < 1.29 is 49.3 Å². The molecule has 0 aromatic heterocycles. The SMILES string of the molecule is CCCCCCCCC/C=C/CC/C=C/C(O)C(COC1OC(CO)C(O)C(O)C1O)NC(=O)CCCCCCCCCCCCCCCCCCC/C=C\C/C=C\CCCCCCCCCCCOC(=O)CCCCCCCCCCCCC. The highest BCUT2D eigenvalue weighted by atomic mass is 16.7. The van der Waals surface area contributed by atoms with Gasteiger partial charge in [0, 0.05) is 12.8 Å². The van der Waals surface area contributed by atoms with Gasteiger partial charge in [-0.25, -0.2) is 0 Å². The third-order valence-electron chi connectivity index (χ3n) is 17.2. The molecule has 11 heteroatoms. The molecule has 7 atom stereocenters. The van der Waals surface area contributed by atoms with Crippen molar-refractivity contribution in [3.8, 4) is 0 Å². The monoisotopic (exact) mass is 1200 g/mol. The number of carbonyl (C=O) groups is 2. The number of carbonyl (C=O) groups excluding carboxylic acids is 2. The number of unbranched alkanes of at least 4 members (excludes halogenated alkanes) is 44. The average molecular weight is 1200 g/mol. The van der Waals surface area contributed by atoms with Gasteiger partial charge in [0.25, 0.3) is 0 Å². The van der Waals surface area contributed by atoms with Gasteiger partial charge in [-0.3, -0.25) is 9.59 Å². The fourth-order valence-corrected chi connectivity index (χ4v) is 11.4. The molecule has 1 amide bonds. The highest BCUT2D eigenvalue weighted by molar-refractivity contribution is 5.76. The standard InChI is InChI=1S/C74H137NO10/c1-3-5-7-9-11-13-15-37-41-44-48-52-56-60-67(77)66(65-84-74-73(82)72(81)71(80)68(64-76)85-74)75-69(78)61-57-53-49-45-42-38-35-33-31-29-27-25-23-21-19-17-16-18-20-22-24-26-28-30-32-34-36-39-43-47-51-55-59-63-83-70(79)62-58-54-50-46-40-14-12-10-8-6-4-2/h20,22,26,28,41,44,56,60,66-68,71-74,76-77,80-82H,3-19,21,23-25,27,29-40,42-43,45-55,57-59,61-65H2,1-2H3,(H,75,78)/b22-20-,28-26-,44-41+,60-56+. The van der Waals surface area contributed by atoms with Gasteiger partial charge in [-0.05, 0) is 77.0 Å². The Morgan fingerprint density at radius 2 is 0.800 bits per heavy atom. The largest absolute Gasteiger partial charge is 0.466 e. The van der Waals surface area contributed by atoms with Gasteiger partial charge in [0.1, 0.15) is 24.4 Å². The second-order valence-electron chi connectivity index (χ2n) is 25.3. The molecular formula is C74H137NO10. The predicted octanol–water partition coefficient (Wildman–Crippen LogP) is 18.7. The quantitative estimate of drug-likeness (QED) is 0.0195. The van der Waals surface area contributed by atoms with E-state index in [1.165, 1.54) is 257 Å². The molecule has 0 saturated carbocycles. The Bertz CT molecular complexity index is 1550. The molecule has 7 unspecified atom stereocenters. The van der Waals surface area contributed by atoms with Crippen molar-refractivity contribution in [3.05, 3.63) is 48.6 Å². The smallest absolute Gasteiger partial charge is 0.305 e. The summed E-state index contributed by atoms with van der Waals surface area (Å²) >= 11 is 0. The Balaban J connectivity index is 1.97. The summed E-state index contributed by atoms with van der Waals surface area (Å²) in [5.41, 5.74) is 0. The van der Waals surface area contributed by atoms with Crippen molar-refractivity contribution in [3.63, 3.8) is 0 Å². The lowest BCUT2D eigenvalue weighted by atomic mass is 9.99. The van der Waals surface area contributed by atoms with E-state index in [9.17, 15) is 35.1 Å². The molecule has 6 N–H and O–H groups in total. The minimum atomic E-state index is -1.58. The summed E-state index contributed by atoms with van der Waals surface area (Å²) in [7, 11) is 0. The summed E-state index contributed by atoms with van der Waals surface area (Å²) in [5.74, 6) is -0.182. The van der Waals surface area contributed by atoms with Gasteiger partial charge < -0.3 is 45.1 Å². The number of aliphatic hydroxyl groups excluding tert-OH is 5. The third-order valence-corrected chi connectivity index (χ3v) is 17.2. The molecule has 11 nitrogen and oxygen atoms in total. The van der Waals surface area contributed by atoms with Crippen molar-refractivity contribution >= 4 is 11.9 Å². The molecule has 1 saturated heterocycles. The van der Waals surface area contributed by atoms with E-state index in [0.29, 0.717) is 19.4 Å². The zero-order valence-electron chi connectivity index (χ0n) is 55.3. The highest BCUT2D eigenvalue weighted by Gasteiger charge is 2.44. The molecule has 1 heterocycles. The molecule has 1 rings (SSSR count). The normalized spacial score (nSPS) is 18.2. The van der Waals surface area contributed by atoms with E-state index in [0.717, 1.165) is 64.2 Å². The first-order chi connectivity index (χ1) is 41.7. The van der Waals surface area contributed by atoms with Crippen LogP contribution >= 0.6 is 0 Å². The fraction of sp³-hybridized carbons (Fsp3) is 0.865. The van der Waals surface area contributed by atoms with Crippen LogP contribution in [0, 0.1) is 0 Å². The van der Waals surface area contributed by atoms with Crippen LogP contribution in [-0.2, 0) is 23.8 Å². The van der Waals surface area contributed by atoms with E-state index >= 15 is 0 Å². The van der Waals surface area contributed by atoms with Gasteiger partial charge in [0.2, 0.25) is 5.91 Å². The zero-order chi connectivity index (χ0) is 61.6. The van der Waals surface area contributed by atoms with Gasteiger partial charge >= 0.3 is 5.97 Å². The molecule has 1 fully saturated rings. The van der Waals surface area contributed by atoms with Crippen molar-refractivity contribution in [1.29, 1.82) is 0 Å². The summed E-state index contributed by atoms with van der Waals surface area (Å²) in [6.07, 6.45) is 72.6. The van der Waals surface area contributed by atoms with E-state index in [4.69, 9.17) is 14.2 Å². The number of hydrogen-bond acceptors (Lipinski definition) is 10. The molecule has 0 radical (unpaired) electrons. The molecule has 85 heavy (non-hydrogen) atoms. The average Bonchev–Trinajstić information content (AvgIpc) is 3.41. The first kappa shape index (κ1) is 80.6. The molecule has 498 valence electrons. The van der Waals surface area contributed by atoms with Crippen molar-refractivity contribution in [2.75, 3.05) is 19.8 Å². The van der Waals surface area contributed by atoms with Crippen LogP contribution in [0.5, 0.6) is 0 Å². The Hall–Kier alpha value is -2.38. The lowest BCUT2D eigenvalue weighted by Crippen LogP contribution is -2.60. The summed E-state index contributed by atoms with van der Waals surface area (Å²) in [5, 5.41) is 54.5. The van der Waals surface area contributed by atoms with Gasteiger partial charge in [-0.15, -0.1) is 0 Å². The number of hydrogen-bond donors (Lipinski definition) is 6. The summed E-state index contributed by atoms with van der Waals surface area (Å²) < 4.78 is 16.7. The molecular weight excluding hydrogens is 1060 g/mol. The second-order valence-corrected chi connectivity index (χ2v) is 25.3. The third kappa shape index (κ3) is 52.1. The molecule has 0 spiro atoms. The summed E-state index contributed by atoms with van der Waals surface area (Å²) in [4.78, 5) is 25.1. The van der Waals surface area contributed by atoms with E-state index in [1.54, 1.807) is 6.08 Å². The van der Waals surface area contributed by atoms with Crippen LogP contribution in [0.4, 0.5) is 0 Å². The first-order valence-corrected chi connectivity index (χ1v) is 36.4. The van der Waals surface area contributed by atoms with Crippen LogP contribution < -0.4 is 5.32 Å². The van der Waals surface area contributed by atoms with Gasteiger partial charge in [0.15, 0.2) is 6.29 Å². The number of rotatable bonds is 64. The number of esters is 1. The molecule has 1 aliphatic heterocycles. The van der Waals surface area contributed by atoms with Crippen molar-refractivity contribution in [2.45, 2.75) is 391 Å². The van der Waals surface area contributed by atoms with E-state index in [1.807, 2.05) is 6.08 Å². The Morgan fingerprint density at radius 1 is 0.435 bits per heavy atom. The molecule has 0 aromatic rings. The second kappa shape index (κ2) is 63.2. The van der Waals surface area contributed by atoms with Crippen LogP contribution in [0.1, 0.15) is 348 Å². The van der Waals surface area contributed by atoms with E-state index < -0.39 is 49.5 Å². The topological polar surface area (TPSA) is 175 Å². The summed E-state index contributed by atoms with van der Waals surface area (Å²) in [6.45, 7) is 4.34. The van der Waals surface area contributed by atoms with Gasteiger partial charge in [0.05, 0.1) is 32.0 Å². The highest BCUT2D eigenvalue weighted by Crippen LogP contribution is 2.23. The zero-order valence-corrected chi connectivity index (χ0v) is 55.3. The predicted molar refractivity (Wildman–Crippen MR) is 357 cm³/mol. The fourth-order valence-electron chi connectivity index (χ4n) is 11.4. The molecule has 0 aliphatic carbocycles. The number of nitrogens with one attached hydrogen (secondary N) is 1. The van der Waals surface area contributed by atoms with Crippen molar-refractivity contribution in [2.24, 2.45) is 0 Å². The number of ether oxygens (including phenoxy) is 3. The number of allylic oxidation sites excluding steroid dienone is 7. The first-order valence-electron chi connectivity index (χ1n) is 36.4. The molecule has 0 bridgehead atoms.